The van der Waals surface area contributed by atoms with Crippen LogP contribution in [0.4, 0.5) is 0 Å². The number of hydrogen-bond acceptors (Lipinski definition) is 2. The van der Waals surface area contributed by atoms with Gasteiger partial charge in [-0.1, -0.05) is 12.1 Å². The fraction of sp³-hybridized carbons (Fsp3) is 0.312. The van der Waals surface area contributed by atoms with E-state index in [1.807, 2.05) is 37.3 Å². The Morgan fingerprint density at radius 2 is 2.00 bits per heavy atom. The number of aromatic nitrogens is 2. The number of benzene rings is 1. The van der Waals surface area contributed by atoms with Crippen molar-refractivity contribution in [3.05, 3.63) is 54.2 Å². The third kappa shape index (κ3) is 2.34. The molecule has 3 rings (SSSR count). The monoisotopic (exact) mass is 288 g/mol. The van der Waals surface area contributed by atoms with Crippen molar-refractivity contribution >= 4 is 22.6 Å². The molecule has 4 heteroatoms. The predicted molar refractivity (Wildman–Crippen MR) is 81.1 cm³/mol. The Kier molecular flexibility index (Phi) is 3.53. The van der Waals surface area contributed by atoms with Gasteiger partial charge in [-0.2, -0.15) is 0 Å². The fourth-order valence-electron chi connectivity index (χ4n) is 2.62. The Labute approximate surface area is 123 Å². The number of imidazole rings is 1. The molecule has 0 N–H and O–H groups in total. The van der Waals surface area contributed by atoms with Crippen LogP contribution in [0.25, 0.3) is 11.0 Å². The van der Waals surface area contributed by atoms with Crippen molar-refractivity contribution in [2.75, 3.05) is 0 Å². The number of furan rings is 1. The Morgan fingerprint density at radius 1 is 1.20 bits per heavy atom. The third-order valence-electron chi connectivity index (χ3n) is 3.50. The lowest BCUT2D eigenvalue weighted by atomic mass is 10.1. The van der Waals surface area contributed by atoms with Crippen LogP contribution in [-0.2, 0) is 6.42 Å². The van der Waals surface area contributed by atoms with Crippen LogP contribution in [0.2, 0.25) is 0 Å². The summed E-state index contributed by atoms with van der Waals surface area (Å²) < 4.78 is 7.67. The summed E-state index contributed by atoms with van der Waals surface area (Å²) in [5.41, 5.74) is 2.11. The van der Waals surface area contributed by atoms with Crippen LogP contribution in [0.3, 0.4) is 0 Å². The molecule has 1 aromatic carbocycles. The van der Waals surface area contributed by atoms with E-state index < -0.39 is 0 Å². The molecule has 20 heavy (non-hydrogen) atoms. The van der Waals surface area contributed by atoms with Crippen molar-refractivity contribution in [2.24, 2.45) is 0 Å². The Morgan fingerprint density at radius 3 is 2.70 bits per heavy atom. The van der Waals surface area contributed by atoms with E-state index in [2.05, 4.69) is 22.5 Å². The maximum atomic E-state index is 6.30. The second-order valence-electron chi connectivity index (χ2n) is 5.08. The summed E-state index contributed by atoms with van der Waals surface area (Å²) in [7, 11) is 0. The summed E-state index contributed by atoms with van der Waals surface area (Å²) in [5, 5.41) is -0.124. The molecule has 0 bridgehead atoms. The van der Waals surface area contributed by atoms with Crippen LogP contribution in [-0.4, -0.2) is 9.55 Å². The van der Waals surface area contributed by atoms with E-state index in [1.54, 1.807) is 6.26 Å². The summed E-state index contributed by atoms with van der Waals surface area (Å²) in [6, 6.07) is 12.3. The molecule has 2 aromatic heterocycles. The molecule has 0 spiro atoms. The largest absolute Gasteiger partial charge is 0.469 e. The van der Waals surface area contributed by atoms with E-state index in [4.69, 9.17) is 16.0 Å². The van der Waals surface area contributed by atoms with Crippen LogP contribution >= 0.6 is 11.6 Å². The molecule has 0 aliphatic heterocycles. The molecule has 104 valence electrons. The van der Waals surface area contributed by atoms with Crippen LogP contribution in [0.5, 0.6) is 0 Å². The number of fused-ring (bicyclic) bond motifs is 1. The number of rotatable bonds is 4. The van der Waals surface area contributed by atoms with Crippen molar-refractivity contribution in [3.8, 4) is 0 Å². The highest BCUT2D eigenvalue weighted by Crippen LogP contribution is 2.29. The first-order valence-electron chi connectivity index (χ1n) is 6.80. The van der Waals surface area contributed by atoms with E-state index in [-0.39, 0.29) is 11.4 Å². The molecular formula is C16H17ClN2O. The highest BCUT2D eigenvalue weighted by molar-refractivity contribution is 6.20. The molecule has 2 unspecified atom stereocenters. The zero-order valence-corrected chi connectivity index (χ0v) is 12.3. The molecule has 3 nitrogen and oxygen atoms in total. The topological polar surface area (TPSA) is 31.0 Å². The normalized spacial score (nSPS) is 14.6. The second kappa shape index (κ2) is 5.33. The fourth-order valence-corrected chi connectivity index (χ4v) is 2.77. The first-order valence-corrected chi connectivity index (χ1v) is 7.23. The van der Waals surface area contributed by atoms with Crippen molar-refractivity contribution in [1.82, 2.24) is 9.55 Å². The molecular weight excluding hydrogens is 272 g/mol. The summed E-state index contributed by atoms with van der Waals surface area (Å²) in [5.74, 6) is 1.88. The van der Waals surface area contributed by atoms with Gasteiger partial charge in [0.15, 0.2) is 0 Å². The molecule has 0 fully saturated rings. The maximum Gasteiger partial charge on any atom is 0.127 e. The molecule has 2 atom stereocenters. The lowest BCUT2D eigenvalue weighted by Gasteiger charge is -2.17. The number of hydrogen-bond donors (Lipinski definition) is 0. The molecule has 3 aromatic rings. The highest BCUT2D eigenvalue weighted by Gasteiger charge is 2.19. The standard InChI is InChI=1S/C16H17ClN2O/c1-11(10-13-6-5-9-20-13)19-15-8-4-3-7-14(15)18-16(19)12(2)17/h3-9,11-12H,10H2,1-2H3. The van der Waals surface area contributed by atoms with Crippen molar-refractivity contribution in [2.45, 2.75) is 31.7 Å². The summed E-state index contributed by atoms with van der Waals surface area (Å²) in [6.07, 6.45) is 2.53. The molecule has 0 aliphatic carbocycles. The van der Waals surface area contributed by atoms with E-state index in [1.165, 1.54) is 0 Å². The van der Waals surface area contributed by atoms with Gasteiger partial charge in [0, 0.05) is 12.5 Å². The molecule has 0 saturated heterocycles. The summed E-state index contributed by atoms with van der Waals surface area (Å²) in [4.78, 5) is 4.66. The number of halogens is 1. The Bertz CT molecular complexity index is 700. The van der Waals surface area contributed by atoms with Crippen molar-refractivity contribution in [3.63, 3.8) is 0 Å². The average Bonchev–Trinajstić information content (AvgIpc) is 3.04. The van der Waals surface area contributed by atoms with Crippen LogP contribution in [0, 0.1) is 0 Å². The van der Waals surface area contributed by atoms with Gasteiger partial charge in [-0.3, -0.25) is 0 Å². The van der Waals surface area contributed by atoms with Crippen molar-refractivity contribution in [1.29, 1.82) is 0 Å². The van der Waals surface area contributed by atoms with E-state index in [0.717, 1.165) is 29.0 Å². The highest BCUT2D eigenvalue weighted by atomic mass is 35.5. The number of nitrogens with zero attached hydrogens (tertiary/aromatic N) is 2. The molecule has 0 radical (unpaired) electrons. The van der Waals surface area contributed by atoms with Crippen molar-refractivity contribution < 1.29 is 4.42 Å². The van der Waals surface area contributed by atoms with Gasteiger partial charge in [0.1, 0.15) is 11.6 Å². The molecule has 0 saturated carbocycles. The lowest BCUT2D eigenvalue weighted by molar-refractivity contribution is 0.447. The van der Waals surface area contributed by atoms with Gasteiger partial charge in [-0.05, 0) is 38.1 Å². The SMILES string of the molecule is CC(Cl)c1nc2ccccc2n1C(C)Cc1ccco1. The zero-order valence-electron chi connectivity index (χ0n) is 11.6. The van der Waals surface area contributed by atoms with Gasteiger partial charge in [0.25, 0.3) is 0 Å². The van der Waals surface area contributed by atoms with Crippen LogP contribution < -0.4 is 0 Å². The van der Waals surface area contributed by atoms with Gasteiger partial charge in [-0.25, -0.2) is 4.98 Å². The third-order valence-corrected chi connectivity index (χ3v) is 3.69. The van der Waals surface area contributed by atoms with Crippen LogP contribution in [0.1, 0.15) is 36.9 Å². The average molecular weight is 289 g/mol. The summed E-state index contributed by atoms with van der Waals surface area (Å²) in [6.45, 7) is 4.12. The zero-order chi connectivity index (χ0) is 14.1. The first kappa shape index (κ1) is 13.3. The van der Waals surface area contributed by atoms with Gasteiger partial charge >= 0.3 is 0 Å². The first-order chi connectivity index (χ1) is 9.66. The lowest BCUT2D eigenvalue weighted by Crippen LogP contribution is -2.12. The van der Waals surface area contributed by atoms with E-state index in [0.29, 0.717) is 0 Å². The molecule has 0 amide bonds. The quantitative estimate of drug-likeness (QED) is 0.650. The van der Waals surface area contributed by atoms with Crippen LogP contribution in [0.15, 0.2) is 47.1 Å². The number of alkyl halides is 1. The van der Waals surface area contributed by atoms with E-state index >= 15 is 0 Å². The molecule has 2 heterocycles. The minimum absolute atomic E-state index is 0.124. The summed E-state index contributed by atoms with van der Waals surface area (Å²) >= 11 is 6.30. The smallest absolute Gasteiger partial charge is 0.127 e. The van der Waals surface area contributed by atoms with E-state index in [9.17, 15) is 0 Å². The second-order valence-corrected chi connectivity index (χ2v) is 5.73. The van der Waals surface area contributed by atoms with Gasteiger partial charge in [-0.15, -0.1) is 11.6 Å². The molecule has 0 aliphatic rings. The number of para-hydroxylation sites is 2. The Balaban J connectivity index is 2.06. The Hall–Kier alpha value is -1.74. The predicted octanol–water partition coefficient (Wildman–Crippen LogP) is 4.73. The van der Waals surface area contributed by atoms with Gasteiger partial charge < -0.3 is 8.98 Å². The minimum atomic E-state index is -0.124. The van der Waals surface area contributed by atoms with Gasteiger partial charge in [0.2, 0.25) is 0 Å². The van der Waals surface area contributed by atoms with Gasteiger partial charge in [0.05, 0.1) is 22.7 Å². The maximum absolute atomic E-state index is 6.30. The minimum Gasteiger partial charge on any atom is -0.469 e.